The zero-order valence-corrected chi connectivity index (χ0v) is 13.8. The highest BCUT2D eigenvalue weighted by atomic mass is 127. The molecule has 21 heavy (non-hydrogen) atoms. The van der Waals surface area contributed by atoms with Crippen LogP contribution in [0.4, 0.5) is 5.69 Å². The average molecular weight is 419 g/mol. The average Bonchev–Trinajstić information content (AvgIpc) is 2.37. The van der Waals surface area contributed by atoms with Crippen molar-refractivity contribution in [2.75, 3.05) is 0 Å². The van der Waals surface area contributed by atoms with Gasteiger partial charge in [-0.25, -0.2) is 0 Å². The second-order valence-electron chi connectivity index (χ2n) is 4.20. The largest absolute Gasteiger partial charge is 0.379 e. The van der Waals surface area contributed by atoms with Gasteiger partial charge >= 0.3 is 10.1 Å². The van der Waals surface area contributed by atoms with E-state index < -0.39 is 15.0 Å². The molecule has 0 amide bonds. The van der Waals surface area contributed by atoms with Crippen molar-refractivity contribution in [3.05, 3.63) is 61.7 Å². The molecule has 0 bridgehead atoms. The normalized spacial score (nSPS) is 11.1. The minimum Gasteiger partial charge on any atom is -0.379 e. The number of benzene rings is 2. The summed E-state index contributed by atoms with van der Waals surface area (Å²) in [7, 11) is -4.02. The van der Waals surface area contributed by atoms with Gasteiger partial charge in [-0.1, -0.05) is 6.07 Å². The molecule has 0 saturated heterocycles. The summed E-state index contributed by atoms with van der Waals surface area (Å²) in [5.74, 6) is 0.193. The fraction of sp³-hybridized carbons (Fsp3) is 0.0769. The van der Waals surface area contributed by atoms with Crippen molar-refractivity contribution in [3.63, 3.8) is 0 Å². The Morgan fingerprint density at radius 1 is 1.19 bits per heavy atom. The highest BCUT2D eigenvalue weighted by Gasteiger charge is 2.20. The second-order valence-corrected chi connectivity index (χ2v) is 6.99. The van der Waals surface area contributed by atoms with E-state index in [4.69, 9.17) is 4.18 Å². The number of aryl methyl sites for hydroxylation is 1. The van der Waals surface area contributed by atoms with Gasteiger partial charge in [-0.05, 0) is 59.8 Å². The van der Waals surface area contributed by atoms with Gasteiger partial charge in [0.25, 0.3) is 5.69 Å². The Kier molecular flexibility index (Phi) is 4.47. The summed E-state index contributed by atoms with van der Waals surface area (Å²) in [5.41, 5.74) is 0.121. The Labute approximate surface area is 135 Å². The highest BCUT2D eigenvalue weighted by Crippen LogP contribution is 2.24. The second kappa shape index (κ2) is 5.98. The zero-order chi connectivity index (χ0) is 15.6. The molecular weight excluding hydrogens is 409 g/mol. The smallest absolute Gasteiger partial charge is 0.339 e. The summed E-state index contributed by atoms with van der Waals surface area (Å²) in [6, 6.07) is 10.1. The van der Waals surface area contributed by atoms with E-state index in [9.17, 15) is 18.5 Å². The Hall–Kier alpha value is -1.68. The molecule has 110 valence electrons. The topological polar surface area (TPSA) is 86.5 Å². The molecule has 0 heterocycles. The van der Waals surface area contributed by atoms with Gasteiger partial charge in [0.05, 0.1) is 4.92 Å². The van der Waals surface area contributed by atoms with Crippen LogP contribution in [0.15, 0.2) is 47.4 Å². The zero-order valence-electron chi connectivity index (χ0n) is 10.8. The fourth-order valence-corrected chi connectivity index (χ4v) is 3.21. The molecule has 0 aromatic heterocycles. The Morgan fingerprint density at radius 2 is 1.90 bits per heavy atom. The van der Waals surface area contributed by atoms with Gasteiger partial charge in [0, 0.05) is 15.2 Å². The molecule has 2 rings (SSSR count). The third kappa shape index (κ3) is 3.70. The molecule has 0 fully saturated rings. The lowest BCUT2D eigenvalue weighted by atomic mass is 10.2. The van der Waals surface area contributed by atoms with Gasteiger partial charge in [0.15, 0.2) is 0 Å². The molecule has 2 aromatic carbocycles. The van der Waals surface area contributed by atoms with Crippen molar-refractivity contribution in [2.24, 2.45) is 0 Å². The molecule has 0 aliphatic carbocycles. The number of nitro groups is 1. The van der Waals surface area contributed by atoms with Gasteiger partial charge in [-0.2, -0.15) is 8.42 Å². The van der Waals surface area contributed by atoms with Crippen molar-refractivity contribution in [1.82, 2.24) is 0 Å². The van der Waals surface area contributed by atoms with Gasteiger partial charge < -0.3 is 4.18 Å². The van der Waals surface area contributed by atoms with Crippen LogP contribution in [-0.4, -0.2) is 13.3 Å². The number of nitrogens with zero attached hydrogens (tertiary/aromatic N) is 1. The lowest BCUT2D eigenvalue weighted by Crippen LogP contribution is -2.10. The monoisotopic (exact) mass is 419 g/mol. The number of hydrogen-bond donors (Lipinski definition) is 0. The highest BCUT2D eigenvalue weighted by molar-refractivity contribution is 14.1. The number of halogens is 1. The molecular formula is C13H10INO5S. The van der Waals surface area contributed by atoms with Crippen molar-refractivity contribution in [3.8, 4) is 5.75 Å². The standard InChI is InChI=1S/C13H10INO5S/c1-9-7-12(5-6-13(9)15(16)17)21(18,19)20-11-4-2-3-10(14)8-11/h2-8H,1H3. The predicted octanol–water partition coefficient (Wildman–Crippen LogP) is 3.28. The summed E-state index contributed by atoms with van der Waals surface area (Å²) < 4.78 is 30.2. The van der Waals surface area contributed by atoms with Crippen molar-refractivity contribution in [1.29, 1.82) is 0 Å². The van der Waals surface area contributed by atoms with Gasteiger partial charge in [0.1, 0.15) is 10.6 Å². The molecule has 0 N–H and O–H groups in total. The molecule has 0 aliphatic heterocycles. The summed E-state index contributed by atoms with van der Waals surface area (Å²) in [6.45, 7) is 1.47. The van der Waals surface area contributed by atoms with Crippen LogP contribution in [0.3, 0.4) is 0 Å². The van der Waals surface area contributed by atoms with Crippen molar-refractivity contribution in [2.45, 2.75) is 11.8 Å². The molecule has 0 spiro atoms. The Bertz CT molecular complexity index is 804. The Morgan fingerprint density at radius 3 is 2.48 bits per heavy atom. The first-order chi connectivity index (χ1) is 9.79. The van der Waals surface area contributed by atoms with Crippen LogP contribution in [-0.2, 0) is 10.1 Å². The van der Waals surface area contributed by atoms with Crippen molar-refractivity contribution >= 4 is 38.4 Å². The van der Waals surface area contributed by atoms with E-state index in [-0.39, 0.29) is 21.9 Å². The molecule has 0 saturated carbocycles. The van der Waals surface area contributed by atoms with E-state index in [0.717, 1.165) is 15.7 Å². The van der Waals surface area contributed by atoms with Crippen LogP contribution in [0.1, 0.15) is 5.56 Å². The van der Waals surface area contributed by atoms with Gasteiger partial charge in [0.2, 0.25) is 0 Å². The summed E-state index contributed by atoms with van der Waals surface area (Å²) in [5, 5.41) is 10.7. The summed E-state index contributed by atoms with van der Waals surface area (Å²) in [6.07, 6.45) is 0. The molecule has 0 atom stereocenters. The van der Waals surface area contributed by atoms with Crippen LogP contribution in [0.25, 0.3) is 0 Å². The van der Waals surface area contributed by atoms with Gasteiger partial charge in [-0.3, -0.25) is 10.1 Å². The van der Waals surface area contributed by atoms with E-state index in [1.165, 1.54) is 19.1 Å². The van der Waals surface area contributed by atoms with E-state index in [1.54, 1.807) is 18.2 Å². The van der Waals surface area contributed by atoms with E-state index in [1.807, 2.05) is 22.6 Å². The lowest BCUT2D eigenvalue weighted by Gasteiger charge is -2.08. The first kappa shape index (κ1) is 15.7. The van der Waals surface area contributed by atoms with Crippen LogP contribution in [0.5, 0.6) is 5.75 Å². The van der Waals surface area contributed by atoms with E-state index in [0.29, 0.717) is 0 Å². The van der Waals surface area contributed by atoms with E-state index >= 15 is 0 Å². The molecule has 0 aliphatic rings. The minimum atomic E-state index is -4.02. The lowest BCUT2D eigenvalue weighted by molar-refractivity contribution is -0.385. The molecule has 0 unspecified atom stereocenters. The summed E-state index contributed by atoms with van der Waals surface area (Å²) >= 11 is 2.04. The van der Waals surface area contributed by atoms with E-state index in [2.05, 4.69) is 0 Å². The first-order valence-electron chi connectivity index (χ1n) is 5.75. The maximum Gasteiger partial charge on any atom is 0.339 e. The summed E-state index contributed by atoms with van der Waals surface area (Å²) in [4.78, 5) is 10.1. The van der Waals surface area contributed by atoms with Crippen LogP contribution >= 0.6 is 22.6 Å². The molecule has 8 heteroatoms. The third-order valence-electron chi connectivity index (χ3n) is 2.66. The van der Waals surface area contributed by atoms with Gasteiger partial charge in [-0.15, -0.1) is 0 Å². The quantitative estimate of drug-likeness (QED) is 0.329. The molecule has 2 aromatic rings. The maximum absolute atomic E-state index is 12.2. The third-order valence-corrected chi connectivity index (χ3v) is 4.57. The predicted molar refractivity (Wildman–Crippen MR) is 84.8 cm³/mol. The Balaban J connectivity index is 2.36. The maximum atomic E-state index is 12.2. The first-order valence-corrected chi connectivity index (χ1v) is 8.23. The van der Waals surface area contributed by atoms with Crippen LogP contribution < -0.4 is 4.18 Å². The molecule has 0 radical (unpaired) electrons. The molecule has 6 nitrogen and oxygen atoms in total. The fourth-order valence-electron chi connectivity index (χ4n) is 1.68. The van der Waals surface area contributed by atoms with Crippen LogP contribution in [0, 0.1) is 20.6 Å². The SMILES string of the molecule is Cc1cc(S(=O)(=O)Oc2cccc(I)c2)ccc1[N+](=O)[O-]. The minimum absolute atomic E-state index is 0.121. The number of rotatable bonds is 4. The number of nitro benzene ring substituents is 1. The van der Waals surface area contributed by atoms with Crippen LogP contribution in [0.2, 0.25) is 0 Å². The van der Waals surface area contributed by atoms with Crippen molar-refractivity contribution < 1.29 is 17.5 Å². The number of hydrogen-bond acceptors (Lipinski definition) is 5.